The molecule has 0 fully saturated rings. The van der Waals surface area contributed by atoms with Crippen LogP contribution in [0.2, 0.25) is 0 Å². The summed E-state index contributed by atoms with van der Waals surface area (Å²) in [5.74, 6) is 0. The van der Waals surface area contributed by atoms with E-state index < -0.39 is 22.0 Å². The van der Waals surface area contributed by atoms with Gasteiger partial charge in [-0.3, -0.25) is 0 Å². The van der Waals surface area contributed by atoms with E-state index >= 15 is 0 Å². The fourth-order valence-electron chi connectivity index (χ4n) is 0.305. The van der Waals surface area contributed by atoms with Gasteiger partial charge in [0.2, 0.25) is 0 Å². The Morgan fingerprint density at radius 1 is 0.786 bits per heavy atom. The molecule has 0 aromatic rings. The topological polar surface area (TPSA) is 99.9 Å². The average Bonchev–Trinajstić information content (AvgIpc) is 2.03. The molecule has 10 radical (unpaired) electrons. The van der Waals surface area contributed by atoms with Gasteiger partial charge in [0, 0.05) is 23.9 Å². The van der Waals surface area contributed by atoms with Gasteiger partial charge in [-0.2, -0.15) is 0 Å². The zero-order valence-corrected chi connectivity index (χ0v) is 19.9. The van der Waals surface area contributed by atoms with Crippen molar-refractivity contribution in [3.63, 3.8) is 0 Å². The number of rotatable bonds is 8. The molecular weight excluding hydrogens is 619 g/mol. The smallest absolute Gasteiger partial charge is 0 e. The largest absolute Gasteiger partial charge is 0 e. The average molecular weight is 633 g/mol. The fourth-order valence-corrected chi connectivity index (χ4v) is 2.04. The van der Waals surface area contributed by atoms with E-state index in [0.717, 1.165) is 45.9 Å². The Morgan fingerprint density at radius 2 is 1.14 bits per heavy atom. The van der Waals surface area contributed by atoms with Gasteiger partial charge in [-0.25, -0.2) is 0 Å². The van der Waals surface area contributed by atoms with Gasteiger partial charge in [0.1, 0.15) is 0 Å². The predicted octanol–water partition coefficient (Wildman–Crippen LogP) is -3.81. The van der Waals surface area contributed by atoms with Gasteiger partial charge in [-0.1, -0.05) is 0 Å². The molecule has 0 unspecified atom stereocenters. The van der Waals surface area contributed by atoms with Crippen molar-refractivity contribution in [1.29, 1.82) is 0 Å². The SMILES string of the molecule is O.O.[SnH][O]CC[O][Sn][O]CC[O][SnH].[Sn]. The van der Waals surface area contributed by atoms with Crippen molar-refractivity contribution >= 4 is 91.8 Å². The first-order valence-electron chi connectivity index (χ1n) is 3.03. The van der Waals surface area contributed by atoms with Crippen LogP contribution >= 0.6 is 0 Å². The number of hydrogen-bond acceptors (Lipinski definition) is 4. The molecule has 0 bridgehead atoms. The maximum atomic E-state index is 5.22. The zero-order valence-electron chi connectivity index (χ0n) is 7.62. The van der Waals surface area contributed by atoms with Crippen LogP contribution in [0.25, 0.3) is 0 Å². The second-order valence-electron chi connectivity index (χ2n) is 1.52. The Kier molecular flexibility index (Phi) is 45.9. The summed E-state index contributed by atoms with van der Waals surface area (Å²) in [5.41, 5.74) is 0. The summed E-state index contributed by atoms with van der Waals surface area (Å²) < 4.78 is 20.3. The number of hydrogen-bond donors (Lipinski definition) is 0. The van der Waals surface area contributed by atoms with Crippen LogP contribution in [0.5, 0.6) is 0 Å². The summed E-state index contributed by atoms with van der Waals surface area (Å²) in [5, 5.41) is 0. The van der Waals surface area contributed by atoms with Crippen LogP contribution in [0.1, 0.15) is 0 Å². The Morgan fingerprint density at radius 3 is 1.43 bits per heavy atom. The van der Waals surface area contributed by atoms with E-state index in [0.29, 0.717) is 26.4 Å². The van der Waals surface area contributed by atoms with Gasteiger partial charge in [-0.15, -0.1) is 0 Å². The van der Waals surface area contributed by atoms with Gasteiger partial charge >= 0.3 is 107 Å². The minimum absolute atomic E-state index is 0. The van der Waals surface area contributed by atoms with E-state index in [1.807, 2.05) is 0 Å². The molecule has 0 aliphatic rings. The quantitative estimate of drug-likeness (QED) is 0.202. The van der Waals surface area contributed by atoms with Crippen LogP contribution in [-0.2, 0) is 12.3 Å². The van der Waals surface area contributed by atoms with Gasteiger partial charge in [0.25, 0.3) is 0 Å². The summed E-state index contributed by atoms with van der Waals surface area (Å²) in [6.07, 6.45) is 0. The third kappa shape index (κ3) is 24.3. The molecule has 0 aromatic carbocycles. The van der Waals surface area contributed by atoms with Gasteiger partial charge < -0.3 is 11.0 Å². The summed E-state index contributed by atoms with van der Waals surface area (Å²) in [4.78, 5) is 0. The van der Waals surface area contributed by atoms with Crippen LogP contribution in [-0.4, -0.2) is 129 Å². The van der Waals surface area contributed by atoms with Crippen molar-refractivity contribution in [3.05, 3.63) is 0 Å². The predicted molar refractivity (Wildman–Crippen MR) is 56.8 cm³/mol. The molecule has 6 nitrogen and oxygen atoms in total. The van der Waals surface area contributed by atoms with Crippen LogP contribution < -0.4 is 0 Å². The molecule has 0 aromatic heterocycles. The molecule has 0 atom stereocenters. The molecule has 0 rings (SSSR count). The third-order valence-corrected chi connectivity index (χ3v) is 3.91. The molecule has 0 aliphatic heterocycles. The summed E-state index contributed by atoms with van der Waals surface area (Å²) in [6, 6.07) is 0. The second kappa shape index (κ2) is 25.0. The minimum Gasteiger partial charge on any atom is 0 e. The van der Waals surface area contributed by atoms with Crippen LogP contribution in [0, 0.1) is 0 Å². The van der Waals surface area contributed by atoms with Gasteiger partial charge in [-0.05, 0) is 0 Å². The first-order valence-corrected chi connectivity index (χ1v) is 8.06. The summed E-state index contributed by atoms with van der Waals surface area (Å²) >= 11 is 0.687. The minimum atomic E-state index is -1.01. The van der Waals surface area contributed by atoms with Crippen LogP contribution in [0.4, 0.5) is 0 Å². The van der Waals surface area contributed by atoms with Crippen molar-refractivity contribution < 1.29 is 23.2 Å². The van der Waals surface area contributed by atoms with E-state index in [1.54, 1.807) is 0 Å². The van der Waals surface area contributed by atoms with E-state index in [2.05, 4.69) is 0 Å². The van der Waals surface area contributed by atoms with E-state index in [9.17, 15) is 0 Å². The van der Waals surface area contributed by atoms with Gasteiger partial charge in [0.05, 0.1) is 0 Å². The van der Waals surface area contributed by atoms with Gasteiger partial charge in [0.15, 0.2) is 0 Å². The second-order valence-corrected chi connectivity index (χ2v) is 5.55. The van der Waals surface area contributed by atoms with Crippen LogP contribution in [0.15, 0.2) is 0 Å². The van der Waals surface area contributed by atoms with E-state index in [4.69, 9.17) is 12.3 Å². The standard InChI is InChI=1S/2C2H4O2.2H2O.4Sn.2H/c2*3-1-2-4;;;;;;;;/h2*1-2H2;2*1H2;;;;;;/q2*-2;;;;2*+1;+2;;. The first kappa shape index (κ1) is 25.7. The Bertz CT molecular complexity index is 70.9. The molecule has 0 heterocycles. The molecule has 10 heteroatoms. The van der Waals surface area contributed by atoms with Crippen LogP contribution in [0.3, 0.4) is 0 Å². The molecule has 0 spiro atoms. The molecule has 14 heavy (non-hydrogen) atoms. The maximum absolute atomic E-state index is 5.22. The van der Waals surface area contributed by atoms with Crippen molar-refractivity contribution in [2.45, 2.75) is 0 Å². The fraction of sp³-hybridized carbons (Fsp3) is 1.00. The maximum Gasteiger partial charge on any atom is 0 e. The monoisotopic (exact) mass is 638 g/mol. The van der Waals surface area contributed by atoms with Crippen molar-refractivity contribution in [2.24, 2.45) is 0 Å². The molecule has 0 aliphatic carbocycles. The van der Waals surface area contributed by atoms with E-state index in [-0.39, 0.29) is 34.9 Å². The molecule has 82 valence electrons. The normalized spacial score (nSPS) is 8.14. The first-order chi connectivity index (χ1) is 5.41. The van der Waals surface area contributed by atoms with Crippen molar-refractivity contribution in [1.82, 2.24) is 0 Å². The summed E-state index contributed by atoms with van der Waals surface area (Å²) in [6.45, 7) is 2.80. The van der Waals surface area contributed by atoms with Crippen molar-refractivity contribution in [2.75, 3.05) is 26.4 Å². The third-order valence-electron chi connectivity index (χ3n) is 0.724. The molecule has 0 amide bonds. The molecule has 4 N–H and O–H groups in total. The molecule has 0 saturated carbocycles. The Hall–Kier alpha value is 2.95. The Labute approximate surface area is 139 Å². The Balaban J connectivity index is -0.000000167. The summed E-state index contributed by atoms with van der Waals surface area (Å²) in [7, 11) is 0. The van der Waals surface area contributed by atoms with Crippen molar-refractivity contribution in [3.8, 4) is 0 Å². The molecular formula is C4H14O6Sn4. The van der Waals surface area contributed by atoms with E-state index in [1.165, 1.54) is 0 Å². The molecule has 0 saturated heterocycles. The zero-order chi connectivity index (χ0) is 8.36.